The van der Waals surface area contributed by atoms with Crippen LogP contribution in [0.2, 0.25) is 0 Å². The average molecular weight is 199 g/mol. The molecule has 0 saturated heterocycles. The van der Waals surface area contributed by atoms with Crippen LogP contribution in [0.25, 0.3) is 0 Å². The van der Waals surface area contributed by atoms with E-state index >= 15 is 0 Å². The van der Waals surface area contributed by atoms with Crippen LogP contribution in [0, 0.1) is 17.2 Å². The normalized spacial score (nSPS) is 30.8. The predicted molar refractivity (Wildman–Crippen MR) is 54.7 cm³/mol. The molecule has 1 aliphatic rings. The van der Waals surface area contributed by atoms with Gasteiger partial charge in [-0.3, -0.25) is 4.21 Å². The fourth-order valence-electron chi connectivity index (χ4n) is 1.91. The Morgan fingerprint density at radius 3 is 2.77 bits per heavy atom. The lowest BCUT2D eigenvalue weighted by Gasteiger charge is -2.25. The van der Waals surface area contributed by atoms with Crippen LogP contribution in [0.3, 0.4) is 0 Å². The minimum atomic E-state index is -0.759. The Labute approximate surface area is 82.8 Å². The summed E-state index contributed by atoms with van der Waals surface area (Å²) in [7, 11) is -0.759. The zero-order valence-electron chi connectivity index (χ0n) is 8.16. The predicted octanol–water partition coefficient (Wildman–Crippen LogP) is 2.23. The monoisotopic (exact) mass is 199 g/mol. The Hall–Kier alpha value is -0.360. The number of nitriles is 1. The van der Waals surface area contributed by atoms with Crippen LogP contribution in [-0.2, 0) is 10.8 Å². The third kappa shape index (κ3) is 2.80. The van der Waals surface area contributed by atoms with Crippen molar-refractivity contribution in [1.29, 1.82) is 5.26 Å². The van der Waals surface area contributed by atoms with E-state index in [1.165, 1.54) is 0 Å². The summed E-state index contributed by atoms with van der Waals surface area (Å²) >= 11 is 0. The molecule has 1 rings (SSSR count). The molecule has 3 atom stereocenters. The minimum absolute atomic E-state index is 0.0566. The largest absolute Gasteiger partial charge is 0.259 e. The number of hydrogen-bond acceptors (Lipinski definition) is 2. The van der Waals surface area contributed by atoms with Crippen molar-refractivity contribution in [2.45, 2.75) is 44.3 Å². The van der Waals surface area contributed by atoms with E-state index < -0.39 is 10.8 Å². The van der Waals surface area contributed by atoms with E-state index in [1.807, 2.05) is 6.92 Å². The third-order valence-electron chi connectivity index (χ3n) is 2.61. The zero-order valence-corrected chi connectivity index (χ0v) is 8.98. The van der Waals surface area contributed by atoms with Crippen LogP contribution < -0.4 is 0 Å². The van der Waals surface area contributed by atoms with Crippen molar-refractivity contribution in [3.05, 3.63) is 0 Å². The second-order valence-corrected chi connectivity index (χ2v) is 5.42. The number of hydrogen-bond donors (Lipinski definition) is 0. The molecule has 74 valence electrons. The lowest BCUT2D eigenvalue weighted by Crippen LogP contribution is -2.29. The van der Waals surface area contributed by atoms with Gasteiger partial charge in [-0.2, -0.15) is 5.26 Å². The van der Waals surface area contributed by atoms with Crippen molar-refractivity contribution in [3.8, 4) is 6.07 Å². The quantitative estimate of drug-likeness (QED) is 0.699. The zero-order chi connectivity index (χ0) is 9.68. The molecule has 0 heterocycles. The maximum atomic E-state index is 11.7. The van der Waals surface area contributed by atoms with Gasteiger partial charge in [0.05, 0.1) is 17.2 Å². The van der Waals surface area contributed by atoms with Gasteiger partial charge in [-0.05, 0) is 19.3 Å². The minimum Gasteiger partial charge on any atom is -0.259 e. The fraction of sp³-hybridized carbons (Fsp3) is 0.900. The summed E-state index contributed by atoms with van der Waals surface area (Å²) in [5, 5.41) is 9.06. The maximum absolute atomic E-state index is 11.7. The molecule has 0 amide bonds. The SMILES string of the molecule is CCCS(=O)C1CCCCC1C#N. The molecule has 0 bridgehead atoms. The van der Waals surface area contributed by atoms with Crippen LogP contribution >= 0.6 is 0 Å². The molecule has 3 heteroatoms. The topological polar surface area (TPSA) is 40.9 Å². The molecule has 3 unspecified atom stereocenters. The molecule has 1 saturated carbocycles. The van der Waals surface area contributed by atoms with E-state index in [2.05, 4.69) is 6.07 Å². The molecular weight excluding hydrogens is 182 g/mol. The summed E-state index contributed by atoms with van der Waals surface area (Å²) in [5.74, 6) is 0.823. The Balaban J connectivity index is 2.54. The molecular formula is C10H17NOS. The Morgan fingerprint density at radius 1 is 1.46 bits per heavy atom. The highest BCUT2D eigenvalue weighted by Gasteiger charge is 2.28. The first-order valence-electron chi connectivity index (χ1n) is 5.06. The molecule has 0 aromatic heterocycles. The van der Waals surface area contributed by atoms with Gasteiger partial charge in [-0.15, -0.1) is 0 Å². The second kappa shape index (κ2) is 5.39. The molecule has 0 spiro atoms. The van der Waals surface area contributed by atoms with Gasteiger partial charge in [0.15, 0.2) is 0 Å². The van der Waals surface area contributed by atoms with Gasteiger partial charge >= 0.3 is 0 Å². The highest BCUT2D eigenvalue weighted by Crippen LogP contribution is 2.27. The molecule has 0 aromatic carbocycles. The van der Waals surface area contributed by atoms with E-state index in [4.69, 9.17) is 5.26 Å². The molecule has 0 radical (unpaired) electrons. The smallest absolute Gasteiger partial charge is 0.0668 e. The van der Waals surface area contributed by atoms with Crippen molar-refractivity contribution in [2.24, 2.45) is 5.92 Å². The van der Waals surface area contributed by atoms with Gasteiger partial charge in [0.1, 0.15) is 0 Å². The maximum Gasteiger partial charge on any atom is 0.0668 e. The van der Waals surface area contributed by atoms with Crippen LogP contribution in [0.4, 0.5) is 0 Å². The summed E-state index contributed by atoms with van der Waals surface area (Å²) in [6.45, 7) is 2.04. The summed E-state index contributed by atoms with van der Waals surface area (Å²) in [4.78, 5) is 0. The molecule has 1 fully saturated rings. The molecule has 2 nitrogen and oxygen atoms in total. The van der Waals surface area contributed by atoms with Crippen molar-refractivity contribution in [3.63, 3.8) is 0 Å². The number of rotatable bonds is 3. The van der Waals surface area contributed by atoms with Crippen molar-refractivity contribution < 1.29 is 4.21 Å². The third-order valence-corrected chi connectivity index (χ3v) is 4.66. The van der Waals surface area contributed by atoms with Crippen molar-refractivity contribution >= 4 is 10.8 Å². The standard InChI is InChI=1S/C10H17NOS/c1-2-7-13(12)10-6-4-3-5-9(10)8-11/h9-10H,2-7H2,1H3. The van der Waals surface area contributed by atoms with Crippen molar-refractivity contribution in [1.82, 2.24) is 0 Å². The van der Waals surface area contributed by atoms with Crippen LogP contribution in [0.15, 0.2) is 0 Å². The van der Waals surface area contributed by atoms with E-state index in [9.17, 15) is 4.21 Å². The molecule has 0 N–H and O–H groups in total. The fourth-order valence-corrected chi connectivity index (χ4v) is 3.61. The lowest BCUT2D eigenvalue weighted by molar-refractivity contribution is 0.431. The van der Waals surface area contributed by atoms with Crippen LogP contribution in [-0.4, -0.2) is 15.2 Å². The van der Waals surface area contributed by atoms with Gasteiger partial charge in [0.2, 0.25) is 0 Å². The second-order valence-electron chi connectivity index (χ2n) is 3.64. The van der Waals surface area contributed by atoms with E-state index in [0.717, 1.165) is 37.9 Å². The first kappa shape index (κ1) is 10.7. The van der Waals surface area contributed by atoms with E-state index in [0.29, 0.717) is 0 Å². The summed E-state index contributed by atoms with van der Waals surface area (Å²) < 4.78 is 11.7. The van der Waals surface area contributed by atoms with Crippen LogP contribution in [0.5, 0.6) is 0 Å². The summed E-state index contributed by atoms with van der Waals surface area (Å²) in [6, 6.07) is 2.30. The first-order chi connectivity index (χ1) is 6.29. The summed E-state index contributed by atoms with van der Waals surface area (Å²) in [5.41, 5.74) is 0. The summed E-state index contributed by atoms with van der Waals surface area (Å²) in [6.07, 6.45) is 5.19. The molecule has 0 aromatic rings. The Kier molecular flexibility index (Phi) is 4.44. The van der Waals surface area contributed by atoms with Gasteiger partial charge < -0.3 is 0 Å². The lowest BCUT2D eigenvalue weighted by atomic mass is 9.90. The number of nitrogens with zero attached hydrogens (tertiary/aromatic N) is 1. The van der Waals surface area contributed by atoms with Gasteiger partial charge in [0.25, 0.3) is 0 Å². The molecule has 0 aliphatic heterocycles. The Bertz CT molecular complexity index is 221. The van der Waals surface area contributed by atoms with Gasteiger partial charge in [-0.1, -0.05) is 19.8 Å². The highest BCUT2D eigenvalue weighted by molar-refractivity contribution is 7.85. The van der Waals surface area contributed by atoms with E-state index in [-0.39, 0.29) is 11.2 Å². The highest BCUT2D eigenvalue weighted by atomic mass is 32.2. The first-order valence-corrected chi connectivity index (χ1v) is 6.44. The van der Waals surface area contributed by atoms with Crippen LogP contribution in [0.1, 0.15) is 39.0 Å². The Morgan fingerprint density at radius 2 is 2.15 bits per heavy atom. The molecule has 13 heavy (non-hydrogen) atoms. The van der Waals surface area contributed by atoms with Gasteiger partial charge in [0, 0.05) is 16.6 Å². The van der Waals surface area contributed by atoms with Crippen molar-refractivity contribution in [2.75, 3.05) is 5.75 Å². The average Bonchev–Trinajstić information content (AvgIpc) is 2.18. The molecule has 1 aliphatic carbocycles. The van der Waals surface area contributed by atoms with E-state index in [1.54, 1.807) is 0 Å². The van der Waals surface area contributed by atoms with Gasteiger partial charge in [-0.25, -0.2) is 0 Å².